The normalized spacial score (nSPS) is 18.3. The molecule has 0 aliphatic carbocycles. The molecule has 7 heteroatoms. The van der Waals surface area contributed by atoms with Crippen molar-refractivity contribution in [2.45, 2.75) is 26.3 Å². The number of anilines is 1. The third-order valence-corrected chi connectivity index (χ3v) is 6.01. The average Bonchev–Trinajstić information content (AvgIpc) is 3.21. The largest absolute Gasteiger partial charge is 0.335 e. The smallest absolute Gasteiger partial charge is 0.270 e. The van der Waals surface area contributed by atoms with Gasteiger partial charge in [0.1, 0.15) is 5.71 Å². The van der Waals surface area contributed by atoms with Gasteiger partial charge in [-0.15, -0.1) is 11.3 Å². The highest BCUT2D eigenvalue weighted by atomic mass is 32.1. The minimum absolute atomic E-state index is 0.0408. The molecule has 0 spiro atoms. The van der Waals surface area contributed by atoms with E-state index in [1.165, 1.54) is 9.89 Å². The summed E-state index contributed by atoms with van der Waals surface area (Å²) in [6, 6.07) is 11.9. The summed E-state index contributed by atoms with van der Waals surface area (Å²) in [6.07, 6.45) is 0.728. The monoisotopic (exact) mass is 396 g/mol. The van der Waals surface area contributed by atoms with Crippen LogP contribution >= 0.6 is 11.3 Å². The molecule has 0 atom stereocenters. The Hall–Kier alpha value is -2.51. The van der Waals surface area contributed by atoms with E-state index < -0.39 is 0 Å². The second-order valence-corrected chi connectivity index (χ2v) is 8.27. The van der Waals surface area contributed by atoms with Crippen LogP contribution in [0.3, 0.4) is 0 Å². The molecule has 6 nitrogen and oxygen atoms in total. The molecule has 0 unspecified atom stereocenters. The molecule has 1 aromatic heterocycles. The summed E-state index contributed by atoms with van der Waals surface area (Å²) in [6.45, 7) is 6.03. The lowest BCUT2D eigenvalue weighted by molar-refractivity contribution is -0.126. The summed E-state index contributed by atoms with van der Waals surface area (Å²) in [5.41, 5.74) is 2.25. The van der Waals surface area contributed by atoms with Gasteiger partial charge in [0.05, 0.1) is 5.69 Å². The number of nitrogens with zero attached hydrogens (tertiary/aromatic N) is 4. The number of thiophene rings is 1. The average molecular weight is 397 g/mol. The predicted octanol–water partition coefficient (Wildman–Crippen LogP) is 2.88. The number of piperazine rings is 1. The van der Waals surface area contributed by atoms with Crippen LogP contribution in [0.5, 0.6) is 0 Å². The van der Waals surface area contributed by atoms with Gasteiger partial charge in [-0.05, 0) is 36.1 Å². The molecule has 0 N–H and O–H groups in total. The Labute approximate surface area is 169 Å². The first kappa shape index (κ1) is 18.8. The summed E-state index contributed by atoms with van der Waals surface area (Å²) in [7, 11) is 0. The number of hydrogen-bond acceptors (Lipinski definition) is 5. The quantitative estimate of drug-likeness (QED) is 0.799. The Morgan fingerprint density at radius 2 is 1.93 bits per heavy atom. The number of hydrogen-bond donors (Lipinski definition) is 0. The third kappa shape index (κ3) is 4.15. The van der Waals surface area contributed by atoms with Gasteiger partial charge in [-0.3, -0.25) is 14.5 Å². The summed E-state index contributed by atoms with van der Waals surface area (Å²) in [4.78, 5) is 30.9. The molecule has 1 saturated heterocycles. The van der Waals surface area contributed by atoms with E-state index in [1.54, 1.807) is 11.3 Å². The number of carbonyl (C=O) groups is 2. The summed E-state index contributed by atoms with van der Waals surface area (Å²) >= 11 is 1.77. The van der Waals surface area contributed by atoms with Crippen LogP contribution in [0.4, 0.5) is 5.69 Å². The highest BCUT2D eigenvalue weighted by Crippen LogP contribution is 2.22. The van der Waals surface area contributed by atoms with E-state index in [1.807, 2.05) is 36.1 Å². The molecule has 3 heterocycles. The van der Waals surface area contributed by atoms with E-state index in [9.17, 15) is 9.59 Å². The molecule has 1 aromatic carbocycles. The number of benzene rings is 1. The first-order valence-corrected chi connectivity index (χ1v) is 10.5. The van der Waals surface area contributed by atoms with Crippen LogP contribution in [-0.2, 0) is 16.1 Å². The van der Waals surface area contributed by atoms with E-state index in [2.05, 4.69) is 27.5 Å². The highest BCUT2D eigenvalue weighted by Gasteiger charge is 2.30. The van der Waals surface area contributed by atoms with Gasteiger partial charge in [0, 0.05) is 50.4 Å². The lowest BCUT2D eigenvalue weighted by Gasteiger charge is -2.35. The summed E-state index contributed by atoms with van der Waals surface area (Å²) in [5.74, 6) is -0.108. The van der Waals surface area contributed by atoms with Crippen LogP contribution in [0.15, 0.2) is 46.9 Å². The van der Waals surface area contributed by atoms with Crippen LogP contribution in [0, 0.1) is 6.92 Å². The number of carbonyl (C=O) groups excluding carboxylic acids is 2. The second-order valence-electron chi connectivity index (χ2n) is 7.24. The molecule has 146 valence electrons. The molecule has 0 saturated carbocycles. The van der Waals surface area contributed by atoms with Crippen LogP contribution in [0.25, 0.3) is 0 Å². The number of rotatable bonds is 4. The number of aryl methyl sites for hydroxylation is 1. The molecule has 28 heavy (non-hydrogen) atoms. The first-order valence-electron chi connectivity index (χ1n) is 9.61. The van der Waals surface area contributed by atoms with E-state index in [0.29, 0.717) is 31.6 Å². The van der Waals surface area contributed by atoms with Crippen molar-refractivity contribution in [2.24, 2.45) is 5.10 Å². The van der Waals surface area contributed by atoms with Crippen molar-refractivity contribution in [3.8, 4) is 0 Å². The summed E-state index contributed by atoms with van der Waals surface area (Å²) in [5, 5.41) is 7.91. The van der Waals surface area contributed by atoms with Crippen molar-refractivity contribution in [3.05, 3.63) is 52.2 Å². The lowest BCUT2D eigenvalue weighted by Crippen LogP contribution is -2.51. The molecule has 0 bridgehead atoms. The Morgan fingerprint density at radius 1 is 1.11 bits per heavy atom. The maximum absolute atomic E-state index is 13.0. The zero-order valence-corrected chi connectivity index (χ0v) is 16.8. The standard InChI is InChI=1S/C21H24N4O2S/c1-16-4-2-5-17(14-16)25-20(26)8-7-19(22-25)21(27)24-11-9-23(10-12-24)15-18-6-3-13-28-18/h2-6,13-14H,7-12,15H2,1H3. The Balaban J connectivity index is 1.41. The minimum atomic E-state index is -0.0667. The fourth-order valence-electron chi connectivity index (χ4n) is 3.58. The lowest BCUT2D eigenvalue weighted by atomic mass is 10.1. The molecular weight excluding hydrogens is 372 g/mol. The number of hydrazone groups is 1. The number of amides is 2. The van der Waals surface area contributed by atoms with Crippen molar-refractivity contribution in [3.63, 3.8) is 0 Å². The second kappa shape index (κ2) is 8.24. The van der Waals surface area contributed by atoms with Crippen molar-refractivity contribution < 1.29 is 9.59 Å². The summed E-state index contributed by atoms with van der Waals surface area (Å²) < 4.78 is 0. The minimum Gasteiger partial charge on any atom is -0.335 e. The van der Waals surface area contributed by atoms with Crippen molar-refractivity contribution >= 4 is 34.6 Å². The maximum Gasteiger partial charge on any atom is 0.270 e. The van der Waals surface area contributed by atoms with E-state index >= 15 is 0 Å². The third-order valence-electron chi connectivity index (χ3n) is 5.14. The molecule has 4 rings (SSSR count). The zero-order chi connectivity index (χ0) is 19.5. The topological polar surface area (TPSA) is 56.2 Å². The van der Waals surface area contributed by atoms with Gasteiger partial charge in [0.25, 0.3) is 5.91 Å². The fourth-order valence-corrected chi connectivity index (χ4v) is 4.33. The molecule has 2 aliphatic heterocycles. The van der Waals surface area contributed by atoms with E-state index in [-0.39, 0.29) is 11.8 Å². The van der Waals surface area contributed by atoms with Gasteiger partial charge in [0.2, 0.25) is 5.91 Å². The zero-order valence-electron chi connectivity index (χ0n) is 16.0. The first-order chi connectivity index (χ1) is 13.6. The van der Waals surface area contributed by atoms with Gasteiger partial charge >= 0.3 is 0 Å². The molecule has 0 radical (unpaired) electrons. The van der Waals surface area contributed by atoms with Gasteiger partial charge in [-0.25, -0.2) is 5.01 Å². The van der Waals surface area contributed by atoms with Crippen LogP contribution < -0.4 is 5.01 Å². The van der Waals surface area contributed by atoms with Crippen LogP contribution in [-0.4, -0.2) is 53.5 Å². The molecule has 2 amide bonds. The van der Waals surface area contributed by atoms with Gasteiger partial charge < -0.3 is 4.90 Å². The van der Waals surface area contributed by atoms with Crippen molar-refractivity contribution in [1.29, 1.82) is 0 Å². The fraction of sp³-hybridized carbons (Fsp3) is 0.381. The van der Waals surface area contributed by atoms with Crippen LogP contribution in [0.2, 0.25) is 0 Å². The Kier molecular flexibility index (Phi) is 5.54. The molecule has 1 fully saturated rings. The predicted molar refractivity (Wildman–Crippen MR) is 112 cm³/mol. The van der Waals surface area contributed by atoms with Crippen molar-refractivity contribution in [1.82, 2.24) is 9.80 Å². The molecule has 2 aromatic rings. The van der Waals surface area contributed by atoms with E-state index in [0.717, 1.165) is 30.9 Å². The van der Waals surface area contributed by atoms with Gasteiger partial charge in [-0.1, -0.05) is 18.2 Å². The highest BCUT2D eigenvalue weighted by molar-refractivity contribution is 7.09. The SMILES string of the molecule is Cc1cccc(N2N=C(C(=O)N3CCN(Cc4cccs4)CC3)CCC2=O)c1. The molecule has 2 aliphatic rings. The van der Waals surface area contributed by atoms with Crippen LogP contribution in [0.1, 0.15) is 23.3 Å². The van der Waals surface area contributed by atoms with E-state index in [4.69, 9.17) is 0 Å². The maximum atomic E-state index is 13.0. The molecular formula is C21H24N4O2S. The van der Waals surface area contributed by atoms with Crippen molar-refractivity contribution in [2.75, 3.05) is 31.2 Å². The Bertz CT molecular complexity index is 886. The Morgan fingerprint density at radius 3 is 2.64 bits per heavy atom. The van der Waals surface area contributed by atoms with Gasteiger partial charge in [-0.2, -0.15) is 5.10 Å². The van der Waals surface area contributed by atoms with Gasteiger partial charge in [0.15, 0.2) is 0 Å².